The molecule has 0 fully saturated rings. The lowest BCUT2D eigenvalue weighted by Gasteiger charge is -2.27. The van der Waals surface area contributed by atoms with Crippen LogP contribution in [-0.2, 0) is 16.0 Å². The van der Waals surface area contributed by atoms with E-state index in [1.54, 1.807) is 5.32 Å². The monoisotopic (exact) mass is 318 g/mol. The molecule has 1 atom stereocenters. The highest BCUT2D eigenvalue weighted by Gasteiger charge is 2.40. The van der Waals surface area contributed by atoms with Gasteiger partial charge < -0.3 is 10.1 Å². The fraction of sp³-hybridized carbons (Fsp3) is 0.462. The third-order valence-electron chi connectivity index (χ3n) is 3.53. The van der Waals surface area contributed by atoms with Crippen LogP contribution in [0.5, 0.6) is 0 Å². The van der Waals surface area contributed by atoms with Crippen LogP contribution in [0.1, 0.15) is 30.1 Å². The van der Waals surface area contributed by atoms with Crippen LogP contribution in [0.3, 0.4) is 0 Å². The number of nitrogens with zero attached hydrogens (tertiary/aromatic N) is 1. The Morgan fingerprint density at radius 2 is 2.14 bits per heavy atom. The van der Waals surface area contributed by atoms with Crippen LogP contribution in [0.4, 0.5) is 24.5 Å². The lowest BCUT2D eigenvalue weighted by molar-refractivity contribution is -0.385. The number of rotatable bonds is 3. The van der Waals surface area contributed by atoms with Crippen LogP contribution < -0.4 is 5.32 Å². The van der Waals surface area contributed by atoms with Crippen molar-refractivity contribution in [3.05, 3.63) is 33.4 Å². The quantitative estimate of drug-likeness (QED) is 0.686. The predicted molar refractivity (Wildman–Crippen MR) is 70.5 cm³/mol. The maximum Gasteiger partial charge on any atom is 0.471 e. The summed E-state index contributed by atoms with van der Waals surface area (Å²) in [5.41, 5.74) is 0.278. The molecule has 6 nitrogen and oxygen atoms in total. The van der Waals surface area contributed by atoms with Crippen molar-refractivity contribution in [2.45, 2.75) is 31.5 Å². The van der Waals surface area contributed by atoms with Gasteiger partial charge in [-0.2, -0.15) is 13.2 Å². The van der Waals surface area contributed by atoms with Crippen LogP contribution in [-0.4, -0.2) is 24.1 Å². The normalized spacial score (nSPS) is 17.7. The molecule has 22 heavy (non-hydrogen) atoms. The third kappa shape index (κ3) is 3.03. The van der Waals surface area contributed by atoms with Crippen molar-refractivity contribution in [1.82, 2.24) is 0 Å². The molecule has 0 saturated heterocycles. The SMILES string of the molecule is COC1CCCc2c([N+](=O)[O-])ccc(NC(=O)C(F)(F)F)c21. The molecule has 120 valence electrons. The summed E-state index contributed by atoms with van der Waals surface area (Å²) >= 11 is 0. The zero-order valence-corrected chi connectivity index (χ0v) is 11.6. The van der Waals surface area contributed by atoms with Gasteiger partial charge in [-0.25, -0.2) is 0 Å². The second-order valence-corrected chi connectivity index (χ2v) is 4.85. The van der Waals surface area contributed by atoms with Gasteiger partial charge in [-0.05, 0) is 25.3 Å². The van der Waals surface area contributed by atoms with E-state index >= 15 is 0 Å². The predicted octanol–water partition coefficient (Wildman–Crippen LogP) is 3.12. The Morgan fingerprint density at radius 1 is 1.45 bits per heavy atom. The lowest BCUT2D eigenvalue weighted by atomic mass is 9.86. The number of ether oxygens (including phenoxy) is 1. The number of anilines is 1. The van der Waals surface area contributed by atoms with Gasteiger partial charge in [-0.1, -0.05) is 0 Å². The Labute approximate surface area is 123 Å². The molecule has 1 aromatic carbocycles. The summed E-state index contributed by atoms with van der Waals surface area (Å²) in [6.45, 7) is 0. The second-order valence-electron chi connectivity index (χ2n) is 4.85. The fourth-order valence-corrected chi connectivity index (χ4v) is 2.60. The summed E-state index contributed by atoms with van der Waals surface area (Å²) in [6.07, 6.45) is -4.15. The standard InChI is InChI=1S/C13H13F3N2O4/c1-22-10-4-2-3-7-9(18(20)21)6-5-8(11(7)10)17-12(19)13(14,15)16/h5-6,10H,2-4H2,1H3,(H,17,19). The maximum atomic E-state index is 12.4. The molecular weight excluding hydrogens is 305 g/mol. The number of methoxy groups -OCH3 is 1. The molecule has 0 radical (unpaired) electrons. The van der Waals surface area contributed by atoms with Gasteiger partial charge in [-0.15, -0.1) is 0 Å². The minimum Gasteiger partial charge on any atom is -0.377 e. The number of hydrogen-bond acceptors (Lipinski definition) is 4. The molecule has 0 saturated carbocycles. The van der Waals surface area contributed by atoms with Crippen molar-refractivity contribution in [3.8, 4) is 0 Å². The van der Waals surface area contributed by atoms with Gasteiger partial charge in [0.25, 0.3) is 5.69 Å². The van der Waals surface area contributed by atoms with E-state index in [0.29, 0.717) is 24.8 Å². The molecule has 1 N–H and O–H groups in total. The molecule has 1 amide bonds. The molecule has 0 aliphatic heterocycles. The number of benzene rings is 1. The molecule has 1 aromatic rings. The highest BCUT2D eigenvalue weighted by atomic mass is 19.4. The van der Waals surface area contributed by atoms with Crippen molar-refractivity contribution in [1.29, 1.82) is 0 Å². The number of fused-ring (bicyclic) bond motifs is 1. The minimum atomic E-state index is -5.04. The number of carbonyl (C=O) groups excluding carboxylic acids is 1. The zero-order valence-electron chi connectivity index (χ0n) is 11.6. The highest BCUT2D eigenvalue weighted by molar-refractivity contribution is 5.96. The number of nitro groups is 1. The molecule has 0 aromatic heterocycles. The maximum absolute atomic E-state index is 12.4. The van der Waals surface area contributed by atoms with Crippen LogP contribution >= 0.6 is 0 Å². The number of carbonyl (C=O) groups is 1. The molecule has 1 aliphatic rings. The van der Waals surface area contributed by atoms with Crippen LogP contribution in [0.15, 0.2) is 12.1 Å². The van der Waals surface area contributed by atoms with E-state index in [2.05, 4.69) is 0 Å². The number of amides is 1. The van der Waals surface area contributed by atoms with Crippen LogP contribution in [0, 0.1) is 10.1 Å². The van der Waals surface area contributed by atoms with Crippen LogP contribution in [0.25, 0.3) is 0 Å². The van der Waals surface area contributed by atoms with Crippen LogP contribution in [0.2, 0.25) is 0 Å². The topological polar surface area (TPSA) is 81.5 Å². The van der Waals surface area contributed by atoms with E-state index in [0.717, 1.165) is 12.1 Å². The van der Waals surface area contributed by atoms with Crippen molar-refractivity contribution < 1.29 is 27.6 Å². The van der Waals surface area contributed by atoms with Gasteiger partial charge in [0.1, 0.15) is 0 Å². The molecule has 9 heteroatoms. The first-order valence-corrected chi connectivity index (χ1v) is 6.46. The number of hydrogen-bond donors (Lipinski definition) is 1. The molecule has 1 aliphatic carbocycles. The van der Waals surface area contributed by atoms with Crippen molar-refractivity contribution in [2.75, 3.05) is 12.4 Å². The summed E-state index contributed by atoms with van der Waals surface area (Å²) < 4.78 is 42.4. The Morgan fingerprint density at radius 3 is 2.68 bits per heavy atom. The number of alkyl halides is 3. The molecular formula is C13H13F3N2O4. The van der Waals surface area contributed by atoms with Gasteiger partial charge >= 0.3 is 12.1 Å². The first-order chi connectivity index (χ1) is 10.3. The van der Waals surface area contributed by atoms with Crippen molar-refractivity contribution >= 4 is 17.3 Å². The van der Waals surface area contributed by atoms with E-state index < -0.39 is 23.1 Å². The minimum absolute atomic E-state index is 0.102. The number of nitro benzene ring substituents is 1. The number of nitrogens with one attached hydrogen (secondary N) is 1. The third-order valence-corrected chi connectivity index (χ3v) is 3.53. The van der Waals surface area contributed by atoms with Gasteiger partial charge in [0, 0.05) is 30.0 Å². The Bertz CT molecular complexity index is 616. The summed E-state index contributed by atoms with van der Waals surface area (Å²) in [5, 5.41) is 12.8. The van der Waals surface area contributed by atoms with Crippen molar-refractivity contribution in [2.24, 2.45) is 0 Å². The van der Waals surface area contributed by atoms with Crippen molar-refractivity contribution in [3.63, 3.8) is 0 Å². The van der Waals surface area contributed by atoms with E-state index in [9.17, 15) is 28.1 Å². The molecule has 0 heterocycles. The van der Waals surface area contributed by atoms with E-state index in [1.807, 2.05) is 0 Å². The van der Waals surface area contributed by atoms with Gasteiger partial charge in [-0.3, -0.25) is 14.9 Å². The van der Waals surface area contributed by atoms with Gasteiger partial charge in [0.2, 0.25) is 0 Å². The van der Waals surface area contributed by atoms with E-state index in [4.69, 9.17) is 4.74 Å². The second kappa shape index (κ2) is 5.91. The lowest BCUT2D eigenvalue weighted by Crippen LogP contribution is -2.31. The molecule has 0 bridgehead atoms. The average molecular weight is 318 g/mol. The summed E-state index contributed by atoms with van der Waals surface area (Å²) in [6, 6.07) is 2.21. The Balaban J connectivity index is 2.52. The average Bonchev–Trinajstić information content (AvgIpc) is 2.45. The summed E-state index contributed by atoms with van der Waals surface area (Å²) in [5.74, 6) is -2.12. The molecule has 1 unspecified atom stereocenters. The molecule has 0 spiro atoms. The molecule has 2 rings (SSSR count). The Kier molecular flexibility index (Phi) is 4.36. The first-order valence-electron chi connectivity index (χ1n) is 6.46. The van der Waals surface area contributed by atoms with Gasteiger partial charge in [0.15, 0.2) is 0 Å². The fourth-order valence-electron chi connectivity index (χ4n) is 2.60. The summed E-state index contributed by atoms with van der Waals surface area (Å²) in [4.78, 5) is 21.6. The highest BCUT2D eigenvalue weighted by Crippen LogP contribution is 2.41. The first kappa shape index (κ1) is 16.2. The summed E-state index contributed by atoms with van der Waals surface area (Å²) in [7, 11) is 1.37. The van der Waals surface area contributed by atoms with Gasteiger partial charge in [0.05, 0.1) is 11.0 Å². The van der Waals surface area contributed by atoms with E-state index in [1.165, 1.54) is 7.11 Å². The van der Waals surface area contributed by atoms with E-state index in [-0.39, 0.29) is 16.9 Å². The smallest absolute Gasteiger partial charge is 0.377 e. The zero-order chi connectivity index (χ0) is 16.5. The number of halogens is 3. The largest absolute Gasteiger partial charge is 0.471 e. The Hall–Kier alpha value is -2.16.